The van der Waals surface area contributed by atoms with Gasteiger partial charge in [0.25, 0.3) is 11.8 Å². The molecule has 1 saturated heterocycles. The summed E-state index contributed by atoms with van der Waals surface area (Å²) in [4.78, 5) is 31.7. The predicted octanol–water partition coefficient (Wildman–Crippen LogP) is 6.27. The number of fused-ring (bicyclic) bond motifs is 1. The third-order valence-corrected chi connectivity index (χ3v) is 9.08. The number of nitrogens with one attached hydrogen (secondary N) is 1. The number of thioether (sulfide) groups is 1. The van der Waals surface area contributed by atoms with Crippen molar-refractivity contribution in [1.82, 2.24) is 15.1 Å². The zero-order valence-corrected chi connectivity index (χ0v) is 24.1. The van der Waals surface area contributed by atoms with Gasteiger partial charge in [-0.3, -0.25) is 9.59 Å². The normalized spacial score (nSPS) is 20.6. The highest BCUT2D eigenvalue weighted by Gasteiger charge is 2.40. The Balaban J connectivity index is 1.43. The minimum absolute atomic E-state index is 0.0466. The number of benzene rings is 2. The SMILES string of the molecule is CCCN(CCC)CCNC(=O)c1ccc(/C=C2/SC3CCCCC3N(Cc3ccccc3C)C2=O)cc1. The van der Waals surface area contributed by atoms with Crippen LogP contribution >= 0.6 is 11.8 Å². The minimum Gasteiger partial charge on any atom is -0.351 e. The van der Waals surface area contributed by atoms with Crippen LogP contribution in [0.15, 0.2) is 53.4 Å². The molecule has 2 fully saturated rings. The van der Waals surface area contributed by atoms with Gasteiger partial charge in [0, 0.05) is 36.5 Å². The molecule has 0 radical (unpaired) electrons. The Morgan fingerprint density at radius 2 is 1.74 bits per heavy atom. The van der Waals surface area contributed by atoms with Gasteiger partial charge in [0.1, 0.15) is 0 Å². The molecule has 1 heterocycles. The summed E-state index contributed by atoms with van der Waals surface area (Å²) in [5, 5.41) is 3.50. The van der Waals surface area contributed by atoms with E-state index in [0.29, 0.717) is 29.9 Å². The van der Waals surface area contributed by atoms with Crippen molar-refractivity contribution < 1.29 is 9.59 Å². The second-order valence-corrected chi connectivity index (χ2v) is 11.9. The van der Waals surface area contributed by atoms with Crippen molar-refractivity contribution in [2.75, 3.05) is 26.2 Å². The molecule has 2 unspecified atom stereocenters. The molecular weight excluding hydrogens is 490 g/mol. The Bertz CT molecular complexity index is 1110. The van der Waals surface area contributed by atoms with Crippen LogP contribution in [0.25, 0.3) is 6.08 Å². The fraction of sp³-hybridized carbons (Fsp3) is 0.500. The van der Waals surface area contributed by atoms with Crippen molar-refractivity contribution in [3.8, 4) is 0 Å². The quantitative estimate of drug-likeness (QED) is 0.346. The Morgan fingerprint density at radius 1 is 1.03 bits per heavy atom. The number of aryl methyl sites for hydroxylation is 1. The molecule has 0 aromatic heterocycles. The highest BCUT2D eigenvalue weighted by atomic mass is 32.2. The molecule has 1 aliphatic heterocycles. The number of rotatable bonds is 11. The van der Waals surface area contributed by atoms with E-state index in [9.17, 15) is 9.59 Å². The molecule has 2 aliphatic rings. The van der Waals surface area contributed by atoms with Crippen molar-refractivity contribution in [2.24, 2.45) is 0 Å². The van der Waals surface area contributed by atoms with Gasteiger partial charge >= 0.3 is 0 Å². The molecule has 5 nitrogen and oxygen atoms in total. The fourth-order valence-electron chi connectivity index (χ4n) is 5.61. The number of nitrogens with zero attached hydrogens (tertiary/aromatic N) is 2. The molecular formula is C32H43N3O2S. The second-order valence-electron chi connectivity index (χ2n) is 10.6. The Hall–Kier alpha value is -2.57. The first-order chi connectivity index (χ1) is 18.5. The maximum Gasteiger partial charge on any atom is 0.260 e. The summed E-state index contributed by atoms with van der Waals surface area (Å²) in [6, 6.07) is 16.3. The van der Waals surface area contributed by atoms with Crippen LogP contribution in [0, 0.1) is 6.92 Å². The molecule has 0 bridgehead atoms. The lowest BCUT2D eigenvalue weighted by molar-refractivity contribution is -0.130. The fourth-order valence-corrected chi connectivity index (χ4v) is 7.09. The van der Waals surface area contributed by atoms with E-state index in [4.69, 9.17) is 0 Å². The van der Waals surface area contributed by atoms with E-state index in [1.165, 1.54) is 24.0 Å². The lowest BCUT2D eigenvalue weighted by atomic mass is 9.92. The van der Waals surface area contributed by atoms with E-state index in [0.717, 1.165) is 55.8 Å². The molecule has 2 atom stereocenters. The van der Waals surface area contributed by atoms with Crippen LogP contribution < -0.4 is 5.32 Å². The van der Waals surface area contributed by atoms with Crippen LogP contribution in [-0.2, 0) is 11.3 Å². The largest absolute Gasteiger partial charge is 0.351 e. The monoisotopic (exact) mass is 533 g/mol. The maximum absolute atomic E-state index is 13.7. The van der Waals surface area contributed by atoms with E-state index < -0.39 is 0 Å². The molecule has 38 heavy (non-hydrogen) atoms. The first-order valence-electron chi connectivity index (χ1n) is 14.3. The maximum atomic E-state index is 13.7. The molecule has 204 valence electrons. The molecule has 2 amide bonds. The first kappa shape index (κ1) is 28.4. The van der Waals surface area contributed by atoms with Crippen LogP contribution in [0.1, 0.15) is 79.4 Å². The third kappa shape index (κ3) is 7.29. The molecule has 1 N–H and O–H groups in total. The van der Waals surface area contributed by atoms with Crippen molar-refractivity contribution in [3.63, 3.8) is 0 Å². The van der Waals surface area contributed by atoms with Gasteiger partial charge in [-0.1, -0.05) is 63.1 Å². The summed E-state index contributed by atoms with van der Waals surface area (Å²) in [5.74, 6) is 0.0849. The summed E-state index contributed by atoms with van der Waals surface area (Å²) < 4.78 is 0. The zero-order chi connectivity index (χ0) is 26.9. The lowest BCUT2D eigenvalue weighted by Gasteiger charge is -2.44. The van der Waals surface area contributed by atoms with E-state index in [-0.39, 0.29) is 11.8 Å². The first-order valence-corrected chi connectivity index (χ1v) is 15.2. The summed E-state index contributed by atoms with van der Waals surface area (Å²) in [6.45, 7) is 10.8. The number of hydrogen-bond acceptors (Lipinski definition) is 4. The second kappa shape index (κ2) is 14.0. The summed E-state index contributed by atoms with van der Waals surface area (Å²) in [7, 11) is 0. The summed E-state index contributed by atoms with van der Waals surface area (Å²) in [6.07, 6.45) is 8.91. The average Bonchev–Trinajstić information content (AvgIpc) is 2.92. The van der Waals surface area contributed by atoms with Crippen molar-refractivity contribution in [2.45, 2.75) is 77.1 Å². The topological polar surface area (TPSA) is 52.7 Å². The van der Waals surface area contributed by atoms with Crippen molar-refractivity contribution in [3.05, 3.63) is 75.7 Å². The van der Waals surface area contributed by atoms with Gasteiger partial charge in [0.2, 0.25) is 0 Å². The lowest BCUT2D eigenvalue weighted by Crippen LogP contribution is -2.50. The van der Waals surface area contributed by atoms with E-state index in [1.807, 2.05) is 30.3 Å². The van der Waals surface area contributed by atoms with Gasteiger partial charge in [-0.2, -0.15) is 0 Å². The van der Waals surface area contributed by atoms with E-state index in [1.54, 1.807) is 11.8 Å². The molecule has 1 aliphatic carbocycles. The Labute approximate surface area is 233 Å². The minimum atomic E-state index is -0.0466. The Kier molecular flexibility index (Phi) is 10.5. The van der Waals surface area contributed by atoms with E-state index in [2.05, 4.69) is 60.2 Å². The highest BCUT2D eigenvalue weighted by Crippen LogP contribution is 2.42. The number of amides is 2. The predicted molar refractivity (Wildman–Crippen MR) is 159 cm³/mol. The number of carbonyl (C=O) groups is 2. The molecule has 6 heteroatoms. The van der Waals surface area contributed by atoms with Gasteiger partial charge in [-0.25, -0.2) is 0 Å². The number of hydrogen-bond donors (Lipinski definition) is 1. The van der Waals surface area contributed by atoms with Gasteiger partial charge in [-0.05, 0) is 80.6 Å². The van der Waals surface area contributed by atoms with Gasteiger partial charge in [0.05, 0.1) is 4.91 Å². The van der Waals surface area contributed by atoms with Crippen LogP contribution in [0.5, 0.6) is 0 Å². The van der Waals surface area contributed by atoms with Gasteiger partial charge in [-0.15, -0.1) is 11.8 Å². The molecule has 2 aromatic carbocycles. The zero-order valence-electron chi connectivity index (χ0n) is 23.2. The van der Waals surface area contributed by atoms with Crippen LogP contribution in [0.2, 0.25) is 0 Å². The van der Waals surface area contributed by atoms with E-state index >= 15 is 0 Å². The van der Waals surface area contributed by atoms with Crippen LogP contribution in [-0.4, -0.2) is 59.1 Å². The van der Waals surface area contributed by atoms with Crippen molar-refractivity contribution >= 4 is 29.7 Å². The number of carbonyl (C=O) groups excluding carboxylic acids is 2. The Morgan fingerprint density at radius 3 is 2.45 bits per heavy atom. The molecule has 1 saturated carbocycles. The molecule has 0 spiro atoms. The smallest absolute Gasteiger partial charge is 0.260 e. The van der Waals surface area contributed by atoms with Gasteiger partial charge < -0.3 is 15.1 Å². The van der Waals surface area contributed by atoms with Gasteiger partial charge in [0.15, 0.2) is 0 Å². The molecule has 2 aromatic rings. The molecule has 4 rings (SSSR count). The van der Waals surface area contributed by atoms with Crippen LogP contribution in [0.3, 0.4) is 0 Å². The summed E-state index contributed by atoms with van der Waals surface area (Å²) >= 11 is 1.75. The highest BCUT2D eigenvalue weighted by molar-refractivity contribution is 8.04. The van der Waals surface area contributed by atoms with Crippen molar-refractivity contribution in [1.29, 1.82) is 0 Å². The average molecular weight is 534 g/mol. The summed E-state index contributed by atoms with van der Waals surface area (Å²) in [5.41, 5.74) is 4.06. The third-order valence-electron chi connectivity index (χ3n) is 7.68. The van der Waals surface area contributed by atoms with Crippen LogP contribution in [0.4, 0.5) is 0 Å². The standard InChI is InChI=1S/C32H43N3O2S/c1-4-19-34(20-5-2)21-18-33-31(36)26-16-14-25(15-17-26)22-30-32(37)35(23-27-11-7-6-10-24(27)3)28-12-8-9-13-29(28)38-30/h6-7,10-11,14-17,22,28-29H,4-5,8-9,12-13,18-21,23H2,1-3H3,(H,33,36)/b30-22+.